The molecule has 3 rings (SSSR count). The van der Waals surface area contributed by atoms with Crippen LogP contribution in [0.3, 0.4) is 0 Å². The third kappa shape index (κ3) is 3.24. The standard InChI is InChI=1S/C14H20N4O/c1-2-5-13-12(4-1)17-14(19-13)16-6-3-9-18-10-7-15-8-11-18/h1-2,4-5,15H,3,6-11H2,(H,16,17). The van der Waals surface area contributed by atoms with E-state index in [0.29, 0.717) is 6.01 Å². The number of rotatable bonds is 5. The van der Waals surface area contributed by atoms with Gasteiger partial charge in [-0.25, -0.2) is 0 Å². The third-order valence-electron chi connectivity index (χ3n) is 3.43. The molecule has 2 aromatic rings. The Kier molecular flexibility index (Phi) is 3.95. The van der Waals surface area contributed by atoms with Gasteiger partial charge in [0.25, 0.3) is 6.01 Å². The van der Waals surface area contributed by atoms with Crippen LogP contribution in [-0.4, -0.2) is 49.2 Å². The van der Waals surface area contributed by atoms with Gasteiger partial charge in [0.1, 0.15) is 5.52 Å². The zero-order chi connectivity index (χ0) is 12.9. The fraction of sp³-hybridized carbons (Fsp3) is 0.500. The fourth-order valence-electron chi connectivity index (χ4n) is 2.38. The number of piperazine rings is 1. The number of nitrogens with zero attached hydrogens (tertiary/aromatic N) is 2. The van der Waals surface area contributed by atoms with Crippen LogP contribution in [0.4, 0.5) is 6.01 Å². The van der Waals surface area contributed by atoms with E-state index in [2.05, 4.69) is 20.5 Å². The minimum absolute atomic E-state index is 0.626. The number of anilines is 1. The molecule has 102 valence electrons. The Morgan fingerprint density at radius 1 is 1.26 bits per heavy atom. The summed E-state index contributed by atoms with van der Waals surface area (Å²) in [6, 6.07) is 8.46. The molecular weight excluding hydrogens is 240 g/mol. The molecule has 0 bridgehead atoms. The first-order valence-electron chi connectivity index (χ1n) is 6.94. The lowest BCUT2D eigenvalue weighted by molar-refractivity contribution is 0.240. The SMILES string of the molecule is c1ccc2oc(NCCCN3CCNCC3)nc2c1. The van der Waals surface area contributed by atoms with Crippen molar-refractivity contribution in [2.24, 2.45) is 0 Å². The quantitative estimate of drug-likeness (QED) is 0.799. The Morgan fingerprint density at radius 3 is 2.95 bits per heavy atom. The third-order valence-corrected chi connectivity index (χ3v) is 3.43. The number of benzene rings is 1. The molecule has 19 heavy (non-hydrogen) atoms. The van der Waals surface area contributed by atoms with Crippen LogP contribution in [0.5, 0.6) is 0 Å². The lowest BCUT2D eigenvalue weighted by Gasteiger charge is -2.26. The highest BCUT2D eigenvalue weighted by Crippen LogP contribution is 2.17. The summed E-state index contributed by atoms with van der Waals surface area (Å²) < 4.78 is 5.61. The topological polar surface area (TPSA) is 53.3 Å². The molecule has 0 saturated carbocycles. The van der Waals surface area contributed by atoms with Gasteiger partial charge in [-0.2, -0.15) is 4.98 Å². The summed E-state index contributed by atoms with van der Waals surface area (Å²) >= 11 is 0. The first-order chi connectivity index (χ1) is 9.42. The van der Waals surface area contributed by atoms with Crippen molar-refractivity contribution in [3.05, 3.63) is 24.3 Å². The van der Waals surface area contributed by atoms with E-state index in [1.54, 1.807) is 0 Å². The first-order valence-corrected chi connectivity index (χ1v) is 6.94. The van der Waals surface area contributed by atoms with Gasteiger partial charge in [0.2, 0.25) is 0 Å². The molecule has 2 N–H and O–H groups in total. The van der Waals surface area contributed by atoms with Crippen LogP contribution in [0.2, 0.25) is 0 Å². The number of para-hydroxylation sites is 2. The Hall–Kier alpha value is -1.59. The van der Waals surface area contributed by atoms with Crippen LogP contribution in [0.25, 0.3) is 11.1 Å². The largest absolute Gasteiger partial charge is 0.424 e. The Morgan fingerprint density at radius 2 is 2.11 bits per heavy atom. The zero-order valence-corrected chi connectivity index (χ0v) is 11.1. The highest BCUT2D eigenvalue weighted by Gasteiger charge is 2.08. The van der Waals surface area contributed by atoms with E-state index in [0.717, 1.165) is 56.8 Å². The summed E-state index contributed by atoms with van der Waals surface area (Å²) in [5, 5.41) is 6.62. The number of hydrogen-bond acceptors (Lipinski definition) is 5. The van der Waals surface area contributed by atoms with Crippen molar-refractivity contribution in [3.63, 3.8) is 0 Å². The molecule has 0 radical (unpaired) electrons. The van der Waals surface area contributed by atoms with Crippen molar-refractivity contribution < 1.29 is 4.42 Å². The first kappa shape index (κ1) is 12.4. The summed E-state index contributed by atoms with van der Waals surface area (Å²) in [6.45, 7) is 6.56. The van der Waals surface area contributed by atoms with Crippen LogP contribution >= 0.6 is 0 Å². The molecule has 5 nitrogen and oxygen atoms in total. The highest BCUT2D eigenvalue weighted by atomic mass is 16.4. The van der Waals surface area contributed by atoms with Crippen LogP contribution < -0.4 is 10.6 Å². The van der Waals surface area contributed by atoms with E-state index in [9.17, 15) is 0 Å². The predicted octanol–water partition coefficient (Wildman–Crippen LogP) is 1.53. The van der Waals surface area contributed by atoms with Crippen molar-refractivity contribution in [1.29, 1.82) is 0 Å². The van der Waals surface area contributed by atoms with E-state index in [1.807, 2.05) is 24.3 Å². The minimum atomic E-state index is 0.626. The van der Waals surface area contributed by atoms with Gasteiger partial charge in [0, 0.05) is 32.7 Å². The molecule has 1 fully saturated rings. The lowest BCUT2D eigenvalue weighted by Crippen LogP contribution is -2.44. The predicted molar refractivity (Wildman–Crippen MR) is 76.4 cm³/mol. The molecule has 0 spiro atoms. The van der Waals surface area contributed by atoms with Gasteiger partial charge in [-0.05, 0) is 25.1 Å². The van der Waals surface area contributed by atoms with E-state index in [4.69, 9.17) is 4.42 Å². The maximum atomic E-state index is 5.61. The fourth-order valence-corrected chi connectivity index (χ4v) is 2.38. The van der Waals surface area contributed by atoms with Gasteiger partial charge >= 0.3 is 0 Å². The lowest BCUT2D eigenvalue weighted by atomic mass is 10.3. The van der Waals surface area contributed by atoms with Crippen LogP contribution in [0.1, 0.15) is 6.42 Å². The summed E-state index contributed by atoms with van der Waals surface area (Å²) in [6.07, 6.45) is 1.11. The van der Waals surface area contributed by atoms with E-state index in [-0.39, 0.29) is 0 Å². The Balaban J connectivity index is 1.44. The van der Waals surface area contributed by atoms with Gasteiger partial charge < -0.3 is 20.0 Å². The summed E-state index contributed by atoms with van der Waals surface area (Å²) in [4.78, 5) is 6.89. The van der Waals surface area contributed by atoms with E-state index in [1.165, 1.54) is 0 Å². The van der Waals surface area contributed by atoms with Crippen molar-refractivity contribution in [1.82, 2.24) is 15.2 Å². The Bertz CT molecular complexity index is 486. The second kappa shape index (κ2) is 6.04. The number of nitrogens with one attached hydrogen (secondary N) is 2. The van der Waals surface area contributed by atoms with Gasteiger partial charge in [0.15, 0.2) is 5.58 Å². The average Bonchev–Trinajstić information content (AvgIpc) is 2.87. The molecule has 2 heterocycles. The van der Waals surface area contributed by atoms with E-state index >= 15 is 0 Å². The second-order valence-electron chi connectivity index (χ2n) is 4.86. The van der Waals surface area contributed by atoms with Gasteiger partial charge in [0.05, 0.1) is 0 Å². The molecule has 0 aliphatic carbocycles. The van der Waals surface area contributed by atoms with Crippen molar-refractivity contribution in [2.45, 2.75) is 6.42 Å². The summed E-state index contributed by atoms with van der Waals surface area (Å²) in [5.74, 6) is 0. The Labute approximate surface area is 113 Å². The maximum absolute atomic E-state index is 5.61. The maximum Gasteiger partial charge on any atom is 0.295 e. The van der Waals surface area contributed by atoms with Gasteiger partial charge in [-0.3, -0.25) is 0 Å². The number of hydrogen-bond donors (Lipinski definition) is 2. The summed E-state index contributed by atoms with van der Waals surface area (Å²) in [7, 11) is 0. The summed E-state index contributed by atoms with van der Waals surface area (Å²) in [5.41, 5.74) is 1.75. The molecule has 1 aliphatic rings. The normalized spacial score (nSPS) is 16.8. The number of aromatic nitrogens is 1. The van der Waals surface area contributed by atoms with Crippen molar-refractivity contribution in [3.8, 4) is 0 Å². The molecule has 0 atom stereocenters. The molecular formula is C14H20N4O. The minimum Gasteiger partial charge on any atom is -0.424 e. The second-order valence-corrected chi connectivity index (χ2v) is 4.86. The molecule has 0 amide bonds. The van der Waals surface area contributed by atoms with Gasteiger partial charge in [-0.15, -0.1) is 0 Å². The molecule has 1 saturated heterocycles. The zero-order valence-electron chi connectivity index (χ0n) is 11.1. The van der Waals surface area contributed by atoms with Crippen LogP contribution in [0, 0.1) is 0 Å². The van der Waals surface area contributed by atoms with E-state index < -0.39 is 0 Å². The highest BCUT2D eigenvalue weighted by molar-refractivity contribution is 5.74. The molecule has 0 unspecified atom stereocenters. The molecule has 5 heteroatoms. The number of fused-ring (bicyclic) bond motifs is 1. The van der Waals surface area contributed by atoms with Gasteiger partial charge in [-0.1, -0.05) is 12.1 Å². The smallest absolute Gasteiger partial charge is 0.295 e. The molecule has 1 aromatic carbocycles. The molecule has 1 aromatic heterocycles. The van der Waals surface area contributed by atoms with Crippen LogP contribution in [0.15, 0.2) is 28.7 Å². The molecule has 1 aliphatic heterocycles. The van der Waals surface area contributed by atoms with Crippen LogP contribution in [-0.2, 0) is 0 Å². The van der Waals surface area contributed by atoms with Crippen molar-refractivity contribution >= 4 is 17.1 Å². The monoisotopic (exact) mass is 260 g/mol. The number of oxazole rings is 1. The van der Waals surface area contributed by atoms with Crippen molar-refractivity contribution in [2.75, 3.05) is 44.6 Å². The average molecular weight is 260 g/mol.